The minimum absolute atomic E-state index is 0.813. The highest BCUT2D eigenvalue weighted by molar-refractivity contribution is 8.01. The summed E-state index contributed by atoms with van der Waals surface area (Å²) in [5, 5.41) is 11.2. The van der Waals surface area contributed by atoms with Crippen LogP contribution >= 0.6 is 34.4 Å². The van der Waals surface area contributed by atoms with Crippen molar-refractivity contribution in [3.8, 4) is 16.4 Å². The predicted molar refractivity (Wildman–Crippen MR) is 126 cm³/mol. The van der Waals surface area contributed by atoms with E-state index in [9.17, 15) is 0 Å². The summed E-state index contributed by atoms with van der Waals surface area (Å²) in [4.78, 5) is 5.86. The number of aromatic nitrogens is 4. The van der Waals surface area contributed by atoms with Crippen molar-refractivity contribution in [2.75, 3.05) is 0 Å². The van der Waals surface area contributed by atoms with Gasteiger partial charge in [0.2, 0.25) is 5.16 Å². The Balaban J connectivity index is 1.49. The molecule has 3 aromatic heterocycles. The Labute approximate surface area is 184 Å². The lowest BCUT2D eigenvalue weighted by Crippen LogP contribution is -1.98. The minimum atomic E-state index is 0.813. The monoisotopic (exact) mass is 442 g/mol. The third kappa shape index (κ3) is 3.11. The van der Waals surface area contributed by atoms with E-state index in [0.717, 1.165) is 31.4 Å². The molecule has 6 aromatic rings. The van der Waals surface area contributed by atoms with E-state index in [0.29, 0.717) is 0 Å². The Morgan fingerprint density at radius 1 is 0.733 bits per heavy atom. The van der Waals surface area contributed by atoms with Gasteiger partial charge < -0.3 is 0 Å². The van der Waals surface area contributed by atoms with Gasteiger partial charge in [0.05, 0.1) is 15.1 Å². The predicted octanol–water partition coefficient (Wildman–Crippen LogP) is 6.91. The van der Waals surface area contributed by atoms with Gasteiger partial charge in [-0.25, -0.2) is 4.98 Å². The first-order valence-corrected chi connectivity index (χ1v) is 11.8. The molecule has 144 valence electrons. The van der Waals surface area contributed by atoms with Crippen LogP contribution in [0.3, 0.4) is 0 Å². The molecule has 0 saturated heterocycles. The van der Waals surface area contributed by atoms with Crippen molar-refractivity contribution in [3.05, 3.63) is 84.9 Å². The van der Waals surface area contributed by atoms with Gasteiger partial charge in [-0.05, 0) is 53.5 Å². The molecule has 0 fully saturated rings. The molecule has 0 spiro atoms. The summed E-state index contributed by atoms with van der Waals surface area (Å²) in [6, 6.07) is 29.1. The summed E-state index contributed by atoms with van der Waals surface area (Å²) in [7, 11) is 0. The first-order chi connectivity index (χ1) is 14.8. The summed E-state index contributed by atoms with van der Waals surface area (Å²) in [6.45, 7) is 0. The largest absolute Gasteiger partial charge is 0.269 e. The van der Waals surface area contributed by atoms with Crippen LogP contribution in [0, 0.1) is 0 Å². The fourth-order valence-electron chi connectivity index (χ4n) is 3.37. The summed E-state index contributed by atoms with van der Waals surface area (Å²) < 4.78 is 5.51. The van der Waals surface area contributed by atoms with E-state index in [1.54, 1.807) is 34.4 Å². The Kier molecular flexibility index (Phi) is 4.37. The zero-order valence-corrected chi connectivity index (χ0v) is 18.0. The van der Waals surface area contributed by atoms with Crippen LogP contribution in [-0.2, 0) is 0 Å². The molecule has 0 bridgehead atoms. The van der Waals surface area contributed by atoms with E-state index in [4.69, 9.17) is 4.98 Å². The highest BCUT2D eigenvalue weighted by atomic mass is 32.2. The SMILES string of the molecule is c1ccc(-n2c(Sc3nc4ccccc4s3)nnc2-c2cc3ccccc3s2)cc1. The van der Waals surface area contributed by atoms with Gasteiger partial charge in [0.15, 0.2) is 10.2 Å². The summed E-state index contributed by atoms with van der Waals surface area (Å²) in [5.74, 6) is 0.853. The van der Waals surface area contributed by atoms with Crippen LogP contribution < -0.4 is 0 Å². The number of fused-ring (bicyclic) bond motifs is 2. The first kappa shape index (κ1) is 17.8. The molecule has 30 heavy (non-hydrogen) atoms. The normalized spacial score (nSPS) is 11.5. The average Bonchev–Trinajstić information content (AvgIpc) is 3.50. The van der Waals surface area contributed by atoms with Crippen molar-refractivity contribution in [2.24, 2.45) is 0 Å². The van der Waals surface area contributed by atoms with Gasteiger partial charge in [0.1, 0.15) is 0 Å². The quantitative estimate of drug-likeness (QED) is 0.297. The van der Waals surface area contributed by atoms with Crippen LogP contribution in [0.4, 0.5) is 0 Å². The molecule has 7 heteroatoms. The van der Waals surface area contributed by atoms with Gasteiger partial charge >= 0.3 is 0 Å². The molecule has 0 N–H and O–H groups in total. The fourth-order valence-corrected chi connectivity index (χ4v) is 6.43. The van der Waals surface area contributed by atoms with Crippen molar-refractivity contribution >= 4 is 54.7 Å². The van der Waals surface area contributed by atoms with Crippen LogP contribution in [0.15, 0.2) is 94.4 Å². The number of thiophene rings is 1. The average molecular weight is 443 g/mol. The third-order valence-electron chi connectivity index (χ3n) is 4.75. The Morgan fingerprint density at radius 2 is 1.50 bits per heavy atom. The van der Waals surface area contributed by atoms with E-state index in [1.165, 1.54) is 14.8 Å². The Morgan fingerprint density at radius 3 is 2.33 bits per heavy atom. The number of thiazole rings is 1. The van der Waals surface area contributed by atoms with E-state index in [1.807, 2.05) is 36.4 Å². The standard InChI is InChI=1S/C23H14N4S3/c1-2-9-16(10-3-1)27-21(20-14-15-8-4-6-12-18(15)28-20)25-26-22(27)30-23-24-17-11-5-7-13-19(17)29-23/h1-14H. The van der Waals surface area contributed by atoms with Gasteiger partial charge in [-0.2, -0.15) is 0 Å². The second-order valence-electron chi connectivity index (χ2n) is 6.68. The second-order valence-corrected chi connectivity index (χ2v) is 10.0. The van der Waals surface area contributed by atoms with Crippen molar-refractivity contribution < 1.29 is 0 Å². The number of benzene rings is 3. The zero-order chi connectivity index (χ0) is 19.9. The van der Waals surface area contributed by atoms with Crippen LogP contribution in [0.1, 0.15) is 0 Å². The summed E-state index contributed by atoms with van der Waals surface area (Å²) in [5.41, 5.74) is 2.05. The van der Waals surface area contributed by atoms with Gasteiger partial charge in [-0.1, -0.05) is 48.5 Å². The second kappa shape index (κ2) is 7.36. The molecule has 0 atom stereocenters. The molecule has 6 rings (SSSR count). The Hall–Kier alpha value is -3.00. The van der Waals surface area contributed by atoms with Gasteiger partial charge in [-0.15, -0.1) is 32.9 Å². The Bertz CT molecular complexity index is 1410. The highest BCUT2D eigenvalue weighted by Gasteiger charge is 2.19. The maximum Gasteiger partial charge on any atom is 0.203 e. The maximum absolute atomic E-state index is 4.76. The van der Waals surface area contributed by atoms with Gasteiger partial charge in [-0.3, -0.25) is 4.57 Å². The summed E-state index contributed by atoms with van der Waals surface area (Å²) in [6.07, 6.45) is 0. The van der Waals surface area contributed by atoms with Crippen LogP contribution in [0.2, 0.25) is 0 Å². The van der Waals surface area contributed by atoms with Crippen LogP contribution in [-0.4, -0.2) is 19.7 Å². The topological polar surface area (TPSA) is 43.6 Å². The first-order valence-electron chi connectivity index (χ1n) is 9.38. The fraction of sp³-hybridized carbons (Fsp3) is 0. The van der Waals surface area contributed by atoms with E-state index in [2.05, 4.69) is 63.3 Å². The van der Waals surface area contributed by atoms with Crippen molar-refractivity contribution in [1.29, 1.82) is 0 Å². The maximum atomic E-state index is 4.76. The van der Waals surface area contributed by atoms with Crippen molar-refractivity contribution in [3.63, 3.8) is 0 Å². The molecule has 3 aromatic carbocycles. The number of rotatable bonds is 4. The molecule has 0 saturated carbocycles. The lowest BCUT2D eigenvalue weighted by atomic mass is 10.2. The highest BCUT2D eigenvalue weighted by Crippen LogP contribution is 2.38. The lowest BCUT2D eigenvalue weighted by Gasteiger charge is -2.08. The molecule has 0 aliphatic carbocycles. The molecule has 0 aliphatic rings. The van der Waals surface area contributed by atoms with Crippen LogP contribution in [0.5, 0.6) is 0 Å². The van der Waals surface area contributed by atoms with E-state index < -0.39 is 0 Å². The molecule has 3 heterocycles. The smallest absolute Gasteiger partial charge is 0.203 e. The third-order valence-corrected chi connectivity index (χ3v) is 7.90. The number of hydrogen-bond donors (Lipinski definition) is 0. The lowest BCUT2D eigenvalue weighted by molar-refractivity contribution is 0.886. The van der Waals surface area contributed by atoms with Crippen molar-refractivity contribution in [2.45, 2.75) is 9.50 Å². The number of nitrogens with zero attached hydrogens (tertiary/aromatic N) is 4. The van der Waals surface area contributed by atoms with Crippen LogP contribution in [0.25, 0.3) is 36.7 Å². The minimum Gasteiger partial charge on any atom is -0.269 e. The van der Waals surface area contributed by atoms with Gasteiger partial charge in [0.25, 0.3) is 0 Å². The molecule has 0 aliphatic heterocycles. The molecular weight excluding hydrogens is 428 g/mol. The number of hydrogen-bond acceptors (Lipinski definition) is 6. The van der Waals surface area contributed by atoms with Crippen molar-refractivity contribution in [1.82, 2.24) is 19.7 Å². The molecular formula is C23H14N4S3. The van der Waals surface area contributed by atoms with Gasteiger partial charge in [0, 0.05) is 10.4 Å². The number of para-hydroxylation sites is 2. The molecule has 0 radical (unpaired) electrons. The van der Waals surface area contributed by atoms with E-state index >= 15 is 0 Å². The zero-order valence-electron chi connectivity index (χ0n) is 15.6. The molecule has 0 amide bonds. The summed E-state index contributed by atoms with van der Waals surface area (Å²) >= 11 is 4.97. The molecule has 4 nitrogen and oxygen atoms in total. The molecule has 0 unspecified atom stereocenters. The van der Waals surface area contributed by atoms with E-state index in [-0.39, 0.29) is 0 Å².